The van der Waals surface area contributed by atoms with Gasteiger partial charge in [0.25, 0.3) is 0 Å². The number of aryl methyl sites for hydroxylation is 1. The van der Waals surface area contributed by atoms with Gasteiger partial charge in [0.05, 0.1) is 24.2 Å². The first-order valence-electron chi connectivity index (χ1n) is 10.3. The van der Waals surface area contributed by atoms with Crippen LogP contribution in [0, 0.1) is 6.92 Å². The highest BCUT2D eigenvalue weighted by molar-refractivity contribution is 5.74. The van der Waals surface area contributed by atoms with Crippen molar-refractivity contribution in [1.82, 2.24) is 20.2 Å². The highest BCUT2D eigenvalue weighted by Gasteiger charge is 2.05. The first-order chi connectivity index (χ1) is 15.7. The van der Waals surface area contributed by atoms with E-state index in [9.17, 15) is 0 Å². The lowest BCUT2D eigenvalue weighted by atomic mass is 10.1. The summed E-state index contributed by atoms with van der Waals surface area (Å²) in [6, 6.07) is 17.4. The zero-order chi connectivity index (χ0) is 22.2. The van der Waals surface area contributed by atoms with E-state index in [0.29, 0.717) is 6.61 Å². The fraction of sp³-hybridized carbons (Fsp3) is 0.115. The van der Waals surface area contributed by atoms with Crippen LogP contribution in [0.5, 0.6) is 11.5 Å². The van der Waals surface area contributed by atoms with Crippen LogP contribution in [-0.2, 0) is 6.61 Å². The maximum absolute atomic E-state index is 5.83. The minimum Gasteiger partial charge on any atom is -0.496 e. The number of hydrogen-bond donors (Lipinski definition) is 1. The van der Waals surface area contributed by atoms with Crippen molar-refractivity contribution in [2.45, 2.75) is 13.5 Å². The highest BCUT2D eigenvalue weighted by Crippen LogP contribution is 2.27. The lowest BCUT2D eigenvalue weighted by Crippen LogP contribution is -1.98. The third kappa shape index (κ3) is 5.49. The summed E-state index contributed by atoms with van der Waals surface area (Å²) in [5.41, 5.74) is 5.61. The Morgan fingerprint density at radius 3 is 2.56 bits per heavy atom. The number of aromatic nitrogens is 4. The number of H-pyrrole nitrogens is 1. The quantitative estimate of drug-likeness (QED) is 0.408. The zero-order valence-corrected chi connectivity index (χ0v) is 18.0. The lowest BCUT2D eigenvalue weighted by Gasteiger charge is -2.09. The molecular weight excluding hydrogens is 400 g/mol. The SMILES string of the molecule is COc1cc(OCc2ccccn2)ccc1/C=C/c1cc(C=Cc2cccnc2C)[nH]n1. The van der Waals surface area contributed by atoms with Gasteiger partial charge in [-0.3, -0.25) is 15.1 Å². The van der Waals surface area contributed by atoms with E-state index in [-0.39, 0.29) is 0 Å². The molecule has 0 saturated heterocycles. The average molecular weight is 425 g/mol. The Kier molecular flexibility index (Phi) is 6.72. The maximum Gasteiger partial charge on any atom is 0.130 e. The molecule has 0 unspecified atom stereocenters. The Morgan fingerprint density at radius 2 is 1.75 bits per heavy atom. The Morgan fingerprint density at radius 1 is 0.875 bits per heavy atom. The minimum absolute atomic E-state index is 0.404. The molecule has 1 aromatic carbocycles. The van der Waals surface area contributed by atoms with Gasteiger partial charge in [0.15, 0.2) is 0 Å². The average Bonchev–Trinajstić information content (AvgIpc) is 3.29. The van der Waals surface area contributed by atoms with Gasteiger partial charge in [0.2, 0.25) is 0 Å². The van der Waals surface area contributed by atoms with Crippen LogP contribution in [0.2, 0.25) is 0 Å². The van der Waals surface area contributed by atoms with Crippen LogP contribution in [0.1, 0.15) is 33.9 Å². The van der Waals surface area contributed by atoms with Crippen molar-refractivity contribution >= 4 is 24.3 Å². The third-order valence-corrected chi connectivity index (χ3v) is 4.86. The molecule has 0 saturated carbocycles. The molecule has 0 amide bonds. The molecule has 0 aliphatic rings. The number of methoxy groups -OCH3 is 1. The molecule has 0 aliphatic carbocycles. The minimum atomic E-state index is 0.404. The highest BCUT2D eigenvalue weighted by atomic mass is 16.5. The van der Waals surface area contributed by atoms with E-state index >= 15 is 0 Å². The van der Waals surface area contributed by atoms with Crippen LogP contribution in [0.25, 0.3) is 24.3 Å². The molecule has 0 aliphatic heterocycles. The Hall–Kier alpha value is -4.19. The van der Waals surface area contributed by atoms with E-state index in [1.165, 1.54) is 0 Å². The first kappa shape index (κ1) is 21.1. The van der Waals surface area contributed by atoms with Crippen molar-refractivity contribution in [1.29, 1.82) is 0 Å². The lowest BCUT2D eigenvalue weighted by molar-refractivity contribution is 0.299. The fourth-order valence-electron chi connectivity index (χ4n) is 3.11. The van der Waals surface area contributed by atoms with Crippen LogP contribution in [-0.4, -0.2) is 27.3 Å². The second-order valence-electron chi connectivity index (χ2n) is 7.11. The number of pyridine rings is 2. The Labute approximate surface area is 187 Å². The summed E-state index contributed by atoms with van der Waals surface area (Å²) in [6.07, 6.45) is 11.5. The van der Waals surface area contributed by atoms with E-state index < -0.39 is 0 Å². The van der Waals surface area contributed by atoms with Gasteiger partial charge < -0.3 is 9.47 Å². The molecule has 32 heavy (non-hydrogen) atoms. The molecule has 0 radical (unpaired) electrons. The summed E-state index contributed by atoms with van der Waals surface area (Å²) in [4.78, 5) is 8.57. The fourth-order valence-corrected chi connectivity index (χ4v) is 3.11. The number of hydrogen-bond acceptors (Lipinski definition) is 5. The molecule has 6 heteroatoms. The van der Waals surface area contributed by atoms with Crippen LogP contribution in [0.3, 0.4) is 0 Å². The van der Waals surface area contributed by atoms with Crippen LogP contribution < -0.4 is 9.47 Å². The van der Waals surface area contributed by atoms with Crippen LogP contribution in [0.15, 0.2) is 67.0 Å². The van der Waals surface area contributed by atoms with E-state index in [4.69, 9.17) is 9.47 Å². The van der Waals surface area contributed by atoms with Gasteiger partial charge in [-0.2, -0.15) is 5.10 Å². The summed E-state index contributed by atoms with van der Waals surface area (Å²) in [6.45, 7) is 2.39. The number of rotatable bonds is 8. The van der Waals surface area contributed by atoms with Crippen molar-refractivity contribution in [3.05, 3.63) is 101 Å². The maximum atomic E-state index is 5.83. The molecule has 160 valence electrons. The van der Waals surface area contributed by atoms with Crippen molar-refractivity contribution < 1.29 is 9.47 Å². The number of ether oxygens (including phenoxy) is 2. The molecule has 3 aromatic heterocycles. The van der Waals surface area contributed by atoms with Gasteiger partial charge in [-0.05, 0) is 67.1 Å². The molecule has 6 nitrogen and oxygen atoms in total. The topological polar surface area (TPSA) is 72.9 Å². The largest absolute Gasteiger partial charge is 0.496 e. The molecule has 4 aromatic rings. The van der Waals surface area contributed by atoms with Gasteiger partial charge in [-0.1, -0.05) is 18.2 Å². The summed E-state index contributed by atoms with van der Waals surface area (Å²) in [5.74, 6) is 1.45. The second kappa shape index (κ2) is 10.2. The number of aromatic amines is 1. The Bertz CT molecular complexity index is 1230. The molecule has 1 N–H and O–H groups in total. The molecule has 0 fully saturated rings. The van der Waals surface area contributed by atoms with Gasteiger partial charge >= 0.3 is 0 Å². The number of benzene rings is 1. The third-order valence-electron chi connectivity index (χ3n) is 4.86. The predicted octanol–water partition coefficient (Wildman–Crippen LogP) is 5.44. The van der Waals surface area contributed by atoms with E-state index in [0.717, 1.165) is 45.4 Å². The number of nitrogens with zero attached hydrogens (tertiary/aromatic N) is 3. The van der Waals surface area contributed by atoms with Crippen LogP contribution in [0.4, 0.5) is 0 Å². The van der Waals surface area contributed by atoms with Gasteiger partial charge in [-0.25, -0.2) is 0 Å². The molecule has 0 spiro atoms. The first-order valence-corrected chi connectivity index (χ1v) is 10.3. The van der Waals surface area contributed by atoms with Crippen molar-refractivity contribution in [2.24, 2.45) is 0 Å². The van der Waals surface area contributed by atoms with Gasteiger partial charge in [0.1, 0.15) is 18.1 Å². The van der Waals surface area contributed by atoms with Crippen LogP contribution >= 0.6 is 0 Å². The molecule has 3 heterocycles. The zero-order valence-electron chi connectivity index (χ0n) is 18.0. The van der Waals surface area contributed by atoms with Gasteiger partial charge in [0, 0.05) is 29.7 Å². The van der Waals surface area contributed by atoms with Crippen molar-refractivity contribution in [2.75, 3.05) is 7.11 Å². The summed E-state index contributed by atoms with van der Waals surface area (Å²) in [7, 11) is 1.65. The van der Waals surface area contributed by atoms with E-state index in [1.807, 2.05) is 85.8 Å². The molecular formula is C26H24N4O2. The smallest absolute Gasteiger partial charge is 0.130 e. The van der Waals surface area contributed by atoms with Gasteiger partial charge in [-0.15, -0.1) is 0 Å². The molecule has 0 bridgehead atoms. The van der Waals surface area contributed by atoms with E-state index in [1.54, 1.807) is 19.5 Å². The van der Waals surface area contributed by atoms with Crippen molar-refractivity contribution in [3.8, 4) is 11.5 Å². The summed E-state index contributed by atoms with van der Waals surface area (Å²) >= 11 is 0. The standard InChI is InChI=1S/C26H24N4O2/c1-19-20(6-5-15-27-19)8-11-22-16-23(30-29-22)12-9-21-10-13-25(17-26(21)31-2)32-18-24-7-3-4-14-28-24/h3-17H,18H2,1-2H3,(H,29,30)/b11-8?,12-9+. The van der Waals surface area contributed by atoms with Crippen molar-refractivity contribution in [3.63, 3.8) is 0 Å². The second-order valence-corrected chi connectivity index (χ2v) is 7.11. The summed E-state index contributed by atoms with van der Waals surface area (Å²) in [5, 5.41) is 7.39. The predicted molar refractivity (Wildman–Crippen MR) is 127 cm³/mol. The molecule has 4 rings (SSSR count). The number of nitrogens with one attached hydrogen (secondary N) is 1. The monoisotopic (exact) mass is 424 g/mol. The summed E-state index contributed by atoms with van der Waals surface area (Å²) < 4.78 is 11.4. The Balaban J connectivity index is 1.42. The molecule has 0 atom stereocenters. The van der Waals surface area contributed by atoms with E-state index in [2.05, 4.69) is 20.2 Å². The normalized spacial score (nSPS) is 11.3.